The molecule has 2 rings (SSSR count). The van der Waals surface area contributed by atoms with E-state index >= 15 is 0 Å². The Labute approximate surface area is 148 Å². The number of hydrogen-bond acceptors (Lipinski definition) is 6. The quantitative estimate of drug-likeness (QED) is 0.679. The molecular weight excluding hydrogens is 347 g/mol. The van der Waals surface area contributed by atoms with Gasteiger partial charge in [0, 0.05) is 12.6 Å². The Morgan fingerprint density at radius 3 is 2.62 bits per heavy atom. The van der Waals surface area contributed by atoms with E-state index in [9.17, 15) is 13.2 Å². The number of rotatable bonds is 6. The highest BCUT2D eigenvalue weighted by atomic mass is 19.4. The maximum absolute atomic E-state index is 13.4. The molecule has 1 aromatic carbocycles. The number of nitrogens with two attached hydrogens (primary N) is 2. The first kappa shape index (κ1) is 19.3. The van der Waals surface area contributed by atoms with Crippen LogP contribution in [0.3, 0.4) is 0 Å². The molecule has 0 saturated carbocycles. The van der Waals surface area contributed by atoms with Gasteiger partial charge in [-0.15, -0.1) is 0 Å². The molecule has 0 fully saturated rings. The van der Waals surface area contributed by atoms with E-state index in [4.69, 9.17) is 21.5 Å². The first-order valence-electron chi connectivity index (χ1n) is 7.74. The summed E-state index contributed by atoms with van der Waals surface area (Å²) in [7, 11) is 1.59. The summed E-state index contributed by atoms with van der Waals surface area (Å²) >= 11 is 0. The molecular formula is C17H18F3N5O. The second-order valence-corrected chi connectivity index (χ2v) is 5.38. The van der Waals surface area contributed by atoms with Gasteiger partial charge in [-0.05, 0) is 37.2 Å². The average molecular weight is 365 g/mol. The molecule has 0 spiro atoms. The van der Waals surface area contributed by atoms with Crippen molar-refractivity contribution >= 4 is 11.4 Å². The zero-order valence-corrected chi connectivity index (χ0v) is 14.0. The summed E-state index contributed by atoms with van der Waals surface area (Å²) in [6, 6.07) is 6.95. The van der Waals surface area contributed by atoms with Crippen molar-refractivity contribution in [2.24, 2.45) is 5.73 Å². The summed E-state index contributed by atoms with van der Waals surface area (Å²) in [4.78, 5) is 4.05. The molecule has 26 heavy (non-hydrogen) atoms. The number of ether oxygens (including phenoxy) is 1. The highest BCUT2D eigenvalue weighted by molar-refractivity contribution is 5.77. The number of nitrogens with one attached hydrogen (secondary N) is 1. The SMILES string of the molecule is CNc1cc(-c2ccc(OCCCN)c(C(F)(F)F)c2)nc(C#N)c1N. The Balaban J connectivity index is 2.53. The molecule has 0 aliphatic carbocycles. The Hall–Kier alpha value is -2.99. The van der Waals surface area contributed by atoms with Crippen LogP contribution in [0.15, 0.2) is 24.3 Å². The monoisotopic (exact) mass is 365 g/mol. The first-order chi connectivity index (χ1) is 12.3. The van der Waals surface area contributed by atoms with E-state index in [1.165, 1.54) is 18.2 Å². The Morgan fingerprint density at radius 1 is 1.31 bits per heavy atom. The van der Waals surface area contributed by atoms with Crippen LogP contribution >= 0.6 is 0 Å². The van der Waals surface area contributed by atoms with Crippen LogP contribution in [0, 0.1) is 11.3 Å². The molecule has 0 radical (unpaired) electrons. The van der Waals surface area contributed by atoms with Gasteiger partial charge in [0.15, 0.2) is 5.69 Å². The fraction of sp³-hybridized carbons (Fsp3) is 0.294. The van der Waals surface area contributed by atoms with E-state index < -0.39 is 11.7 Å². The van der Waals surface area contributed by atoms with Gasteiger partial charge >= 0.3 is 6.18 Å². The number of hydrogen-bond donors (Lipinski definition) is 3. The number of alkyl halides is 3. The van der Waals surface area contributed by atoms with Gasteiger partial charge in [-0.25, -0.2) is 4.98 Å². The average Bonchev–Trinajstić information content (AvgIpc) is 2.61. The van der Waals surface area contributed by atoms with Gasteiger partial charge in [0.05, 0.1) is 29.2 Å². The van der Waals surface area contributed by atoms with Gasteiger partial charge in [0.25, 0.3) is 0 Å². The minimum absolute atomic E-state index is 0.0660. The number of benzene rings is 1. The number of nitrogen functional groups attached to an aromatic ring is 1. The van der Waals surface area contributed by atoms with Crippen LogP contribution in [-0.2, 0) is 6.18 Å². The number of anilines is 2. The van der Waals surface area contributed by atoms with Crippen molar-refractivity contribution in [1.82, 2.24) is 4.98 Å². The number of nitrogens with zero attached hydrogens (tertiary/aromatic N) is 2. The van der Waals surface area contributed by atoms with Crippen LogP contribution in [-0.4, -0.2) is 25.2 Å². The van der Waals surface area contributed by atoms with Crippen LogP contribution in [0.5, 0.6) is 5.75 Å². The van der Waals surface area contributed by atoms with Crippen LogP contribution < -0.4 is 21.5 Å². The van der Waals surface area contributed by atoms with Crippen LogP contribution in [0.1, 0.15) is 17.7 Å². The molecule has 138 valence electrons. The lowest BCUT2D eigenvalue weighted by molar-refractivity contribution is -0.138. The third kappa shape index (κ3) is 4.15. The largest absolute Gasteiger partial charge is 0.493 e. The zero-order valence-electron chi connectivity index (χ0n) is 14.0. The molecule has 1 aromatic heterocycles. The molecule has 1 heterocycles. The van der Waals surface area contributed by atoms with E-state index in [1.807, 2.05) is 6.07 Å². The van der Waals surface area contributed by atoms with Crippen molar-refractivity contribution < 1.29 is 17.9 Å². The molecule has 0 saturated heterocycles. The Bertz CT molecular complexity index is 830. The van der Waals surface area contributed by atoms with Crippen molar-refractivity contribution in [2.45, 2.75) is 12.6 Å². The minimum atomic E-state index is -4.61. The fourth-order valence-corrected chi connectivity index (χ4v) is 2.30. The molecule has 0 bridgehead atoms. The van der Waals surface area contributed by atoms with E-state index in [0.717, 1.165) is 6.07 Å². The summed E-state index contributed by atoms with van der Waals surface area (Å²) in [5.74, 6) is -0.278. The second-order valence-electron chi connectivity index (χ2n) is 5.38. The normalized spacial score (nSPS) is 11.1. The maximum Gasteiger partial charge on any atom is 0.419 e. The third-order valence-corrected chi connectivity index (χ3v) is 3.62. The topological polar surface area (TPSA) is 110 Å². The van der Waals surface area contributed by atoms with Crippen molar-refractivity contribution in [3.8, 4) is 23.1 Å². The van der Waals surface area contributed by atoms with Crippen molar-refractivity contribution in [3.05, 3.63) is 35.5 Å². The third-order valence-electron chi connectivity index (χ3n) is 3.62. The van der Waals surface area contributed by atoms with Crippen LogP contribution in [0.2, 0.25) is 0 Å². The molecule has 2 aromatic rings. The van der Waals surface area contributed by atoms with Crippen LogP contribution in [0.4, 0.5) is 24.5 Å². The number of halogens is 3. The predicted molar refractivity (Wildman–Crippen MR) is 92.5 cm³/mol. The standard InChI is InChI=1S/C17H18F3N5O/c1-24-13-8-12(25-14(9-22)16(13)23)10-3-4-15(26-6-2-5-21)11(7-10)17(18,19)20/h3-4,7-8H,2,5-6,21,23H2,1H3,(H,24,25). The van der Waals surface area contributed by atoms with Gasteiger partial charge in [0.2, 0.25) is 0 Å². The first-order valence-corrected chi connectivity index (χ1v) is 7.74. The van der Waals surface area contributed by atoms with E-state index in [-0.39, 0.29) is 35.0 Å². The lowest BCUT2D eigenvalue weighted by Gasteiger charge is -2.16. The van der Waals surface area contributed by atoms with Gasteiger partial charge < -0.3 is 21.5 Å². The smallest absolute Gasteiger partial charge is 0.419 e. The van der Waals surface area contributed by atoms with E-state index in [0.29, 0.717) is 18.7 Å². The Kier molecular flexibility index (Phi) is 5.90. The van der Waals surface area contributed by atoms with Gasteiger partial charge in [-0.3, -0.25) is 0 Å². The molecule has 0 unspecified atom stereocenters. The lowest BCUT2D eigenvalue weighted by atomic mass is 10.0. The second kappa shape index (κ2) is 7.93. The summed E-state index contributed by atoms with van der Waals surface area (Å²) in [6.07, 6.45) is -4.17. The molecule has 0 aliphatic rings. The summed E-state index contributed by atoms with van der Waals surface area (Å²) in [5, 5.41) is 11.9. The zero-order chi connectivity index (χ0) is 19.3. The van der Waals surface area contributed by atoms with Crippen molar-refractivity contribution in [2.75, 3.05) is 31.2 Å². The molecule has 0 atom stereocenters. The number of aromatic nitrogens is 1. The van der Waals surface area contributed by atoms with Crippen LogP contribution in [0.25, 0.3) is 11.3 Å². The molecule has 6 nitrogen and oxygen atoms in total. The lowest BCUT2D eigenvalue weighted by Crippen LogP contribution is -2.12. The highest BCUT2D eigenvalue weighted by Crippen LogP contribution is 2.39. The van der Waals surface area contributed by atoms with Gasteiger partial charge in [0.1, 0.15) is 11.8 Å². The van der Waals surface area contributed by atoms with E-state index in [1.54, 1.807) is 7.05 Å². The van der Waals surface area contributed by atoms with E-state index in [2.05, 4.69) is 10.3 Å². The molecule has 0 amide bonds. The summed E-state index contributed by atoms with van der Waals surface area (Å²) in [5.41, 5.74) is 11.1. The Morgan fingerprint density at radius 2 is 2.04 bits per heavy atom. The summed E-state index contributed by atoms with van der Waals surface area (Å²) < 4.78 is 45.4. The van der Waals surface area contributed by atoms with Crippen molar-refractivity contribution in [3.63, 3.8) is 0 Å². The molecule has 0 aliphatic heterocycles. The number of nitriles is 1. The molecule has 9 heteroatoms. The molecule has 5 N–H and O–H groups in total. The summed E-state index contributed by atoms with van der Waals surface area (Å²) in [6.45, 7) is 0.403. The van der Waals surface area contributed by atoms with Crippen molar-refractivity contribution in [1.29, 1.82) is 5.26 Å². The number of pyridine rings is 1. The highest BCUT2D eigenvalue weighted by Gasteiger charge is 2.35. The van der Waals surface area contributed by atoms with Gasteiger partial charge in [-0.1, -0.05) is 0 Å². The minimum Gasteiger partial charge on any atom is -0.493 e. The van der Waals surface area contributed by atoms with Gasteiger partial charge in [-0.2, -0.15) is 18.4 Å². The maximum atomic E-state index is 13.4. The predicted octanol–water partition coefficient (Wildman–Crippen LogP) is 2.99. The fourth-order valence-electron chi connectivity index (χ4n) is 2.30.